The number of carbonyl (C=O) groups is 1. The number of esters is 1. The van der Waals surface area contributed by atoms with E-state index in [9.17, 15) is 9.18 Å². The fraction of sp³-hybridized carbons (Fsp3) is 0.200. The van der Waals surface area contributed by atoms with Crippen LogP contribution in [-0.4, -0.2) is 26.3 Å². The van der Waals surface area contributed by atoms with E-state index in [-0.39, 0.29) is 5.56 Å². The number of nitrogens with zero attached hydrogens (tertiary/aromatic N) is 4. The number of hydrogen-bond acceptors (Lipinski definition) is 5. The summed E-state index contributed by atoms with van der Waals surface area (Å²) in [7, 11) is 0. The van der Waals surface area contributed by atoms with E-state index < -0.39 is 17.4 Å². The molecule has 0 aliphatic rings. The molecule has 0 amide bonds. The summed E-state index contributed by atoms with van der Waals surface area (Å²) in [5.41, 5.74) is 3.30. The summed E-state index contributed by atoms with van der Waals surface area (Å²) >= 11 is 0. The SMILES string of the molecule is Cc1nn(-c2ccc(C(=O)OC(C)(C)C)c(F)c2)c2cccc(-c3ccc(C#N)nc3)c12. The van der Waals surface area contributed by atoms with Crippen LogP contribution in [0, 0.1) is 24.1 Å². The Hall–Kier alpha value is -4.05. The quantitative estimate of drug-likeness (QED) is 0.410. The van der Waals surface area contributed by atoms with Crippen molar-refractivity contribution in [3.05, 3.63) is 77.5 Å². The standard InChI is InChI=1S/C25H21FN4O2/c1-15-23-19(16-8-9-17(13-27)28-14-16)6-5-7-22(23)30(29-15)18-10-11-20(21(26)12-18)24(31)32-25(2,3)4/h5-12,14H,1-4H3. The number of nitriles is 1. The summed E-state index contributed by atoms with van der Waals surface area (Å²) in [5.74, 6) is -1.39. The number of aromatic nitrogens is 3. The lowest BCUT2D eigenvalue weighted by atomic mass is 10.0. The second kappa shape index (κ2) is 7.89. The van der Waals surface area contributed by atoms with Crippen LogP contribution >= 0.6 is 0 Å². The van der Waals surface area contributed by atoms with Gasteiger partial charge in [0.2, 0.25) is 0 Å². The summed E-state index contributed by atoms with van der Waals surface area (Å²) in [4.78, 5) is 16.4. The van der Waals surface area contributed by atoms with E-state index in [2.05, 4.69) is 10.1 Å². The maximum Gasteiger partial charge on any atom is 0.341 e. The highest BCUT2D eigenvalue weighted by atomic mass is 19.1. The van der Waals surface area contributed by atoms with Gasteiger partial charge in [0.05, 0.1) is 22.5 Å². The average molecular weight is 428 g/mol. The molecule has 32 heavy (non-hydrogen) atoms. The van der Waals surface area contributed by atoms with Gasteiger partial charge in [0.15, 0.2) is 0 Å². The number of hydrogen-bond donors (Lipinski definition) is 0. The van der Waals surface area contributed by atoms with E-state index in [0.29, 0.717) is 11.4 Å². The van der Waals surface area contributed by atoms with Crippen LogP contribution in [0.4, 0.5) is 4.39 Å². The fourth-order valence-corrected chi connectivity index (χ4v) is 3.54. The second-order valence-electron chi connectivity index (χ2n) is 8.41. The Labute approximate surface area is 184 Å². The highest BCUT2D eigenvalue weighted by Gasteiger charge is 2.22. The van der Waals surface area contributed by atoms with Crippen molar-refractivity contribution in [2.75, 3.05) is 0 Å². The third-order valence-corrected chi connectivity index (χ3v) is 4.89. The zero-order chi connectivity index (χ0) is 23.0. The largest absolute Gasteiger partial charge is 0.456 e. The number of aryl methyl sites for hydroxylation is 1. The lowest BCUT2D eigenvalue weighted by molar-refractivity contribution is 0.00647. The van der Waals surface area contributed by atoms with Crippen molar-refractivity contribution in [1.29, 1.82) is 5.26 Å². The van der Waals surface area contributed by atoms with Crippen LogP contribution in [0.15, 0.2) is 54.7 Å². The molecule has 0 bridgehead atoms. The predicted octanol–water partition coefficient (Wildman–Crippen LogP) is 5.36. The predicted molar refractivity (Wildman–Crippen MR) is 119 cm³/mol. The smallest absolute Gasteiger partial charge is 0.341 e. The lowest BCUT2D eigenvalue weighted by Gasteiger charge is -2.19. The summed E-state index contributed by atoms with van der Waals surface area (Å²) < 4.78 is 21.7. The van der Waals surface area contributed by atoms with E-state index in [0.717, 1.165) is 27.7 Å². The molecular weight excluding hydrogens is 407 g/mol. The van der Waals surface area contributed by atoms with Crippen LogP contribution in [0.1, 0.15) is 42.5 Å². The number of carbonyl (C=O) groups excluding carboxylic acids is 1. The van der Waals surface area contributed by atoms with E-state index in [1.165, 1.54) is 12.1 Å². The van der Waals surface area contributed by atoms with E-state index in [1.807, 2.05) is 37.3 Å². The Morgan fingerprint density at radius 3 is 2.56 bits per heavy atom. The third-order valence-electron chi connectivity index (χ3n) is 4.89. The Balaban J connectivity index is 1.79. The molecule has 0 fully saturated rings. The first-order valence-electron chi connectivity index (χ1n) is 10.1. The number of halogens is 1. The Kier molecular flexibility index (Phi) is 5.23. The molecule has 6 nitrogen and oxygen atoms in total. The van der Waals surface area contributed by atoms with E-state index in [1.54, 1.807) is 43.8 Å². The van der Waals surface area contributed by atoms with Crippen LogP contribution in [0.25, 0.3) is 27.7 Å². The van der Waals surface area contributed by atoms with Crippen LogP contribution in [0.5, 0.6) is 0 Å². The molecule has 0 aliphatic carbocycles. The molecular formula is C25H21FN4O2. The molecule has 4 rings (SSSR count). The van der Waals surface area contributed by atoms with Crippen molar-refractivity contribution in [3.8, 4) is 22.9 Å². The van der Waals surface area contributed by atoms with Gasteiger partial charge in [0, 0.05) is 23.2 Å². The molecule has 4 aromatic rings. The van der Waals surface area contributed by atoms with Gasteiger partial charge in [-0.1, -0.05) is 12.1 Å². The van der Waals surface area contributed by atoms with Gasteiger partial charge in [-0.3, -0.25) is 0 Å². The van der Waals surface area contributed by atoms with Crippen molar-refractivity contribution in [3.63, 3.8) is 0 Å². The normalized spacial score (nSPS) is 11.4. The molecule has 0 unspecified atom stereocenters. The highest BCUT2D eigenvalue weighted by Crippen LogP contribution is 2.32. The lowest BCUT2D eigenvalue weighted by Crippen LogP contribution is -2.24. The third kappa shape index (κ3) is 3.95. The number of ether oxygens (including phenoxy) is 1. The molecule has 0 spiro atoms. The molecule has 160 valence electrons. The number of pyridine rings is 1. The highest BCUT2D eigenvalue weighted by molar-refractivity contribution is 5.97. The van der Waals surface area contributed by atoms with Crippen molar-refractivity contribution < 1.29 is 13.9 Å². The minimum Gasteiger partial charge on any atom is -0.456 e. The minimum atomic E-state index is -0.714. The number of rotatable bonds is 3. The van der Waals surface area contributed by atoms with Crippen LogP contribution in [-0.2, 0) is 4.74 Å². The van der Waals surface area contributed by atoms with Gasteiger partial charge in [-0.2, -0.15) is 10.4 Å². The molecule has 0 radical (unpaired) electrons. The maximum atomic E-state index is 14.8. The molecule has 2 aromatic heterocycles. The first-order chi connectivity index (χ1) is 15.2. The van der Waals surface area contributed by atoms with Gasteiger partial charge in [-0.05, 0) is 63.6 Å². The van der Waals surface area contributed by atoms with Crippen molar-refractivity contribution in [2.45, 2.75) is 33.3 Å². The molecule has 0 N–H and O–H groups in total. The van der Waals surface area contributed by atoms with E-state index in [4.69, 9.17) is 10.00 Å². The first-order valence-corrected chi connectivity index (χ1v) is 10.1. The summed E-state index contributed by atoms with van der Waals surface area (Å²) in [6, 6.07) is 15.6. The molecule has 2 heterocycles. The molecule has 0 saturated heterocycles. The molecule has 0 saturated carbocycles. The van der Waals surface area contributed by atoms with Crippen LogP contribution in [0.2, 0.25) is 0 Å². The topological polar surface area (TPSA) is 80.8 Å². The van der Waals surface area contributed by atoms with Crippen molar-refractivity contribution in [1.82, 2.24) is 14.8 Å². The van der Waals surface area contributed by atoms with Gasteiger partial charge in [0.1, 0.15) is 23.2 Å². The monoisotopic (exact) mass is 428 g/mol. The molecule has 2 aromatic carbocycles. The Morgan fingerprint density at radius 2 is 1.94 bits per heavy atom. The van der Waals surface area contributed by atoms with Gasteiger partial charge >= 0.3 is 5.97 Å². The maximum absolute atomic E-state index is 14.8. The summed E-state index contributed by atoms with van der Waals surface area (Å²) in [5, 5.41) is 14.5. The van der Waals surface area contributed by atoms with Crippen LogP contribution < -0.4 is 0 Å². The van der Waals surface area contributed by atoms with Crippen molar-refractivity contribution in [2.24, 2.45) is 0 Å². The van der Waals surface area contributed by atoms with Gasteiger partial charge < -0.3 is 4.74 Å². The van der Waals surface area contributed by atoms with Gasteiger partial charge in [0.25, 0.3) is 0 Å². The van der Waals surface area contributed by atoms with Gasteiger partial charge in [-0.25, -0.2) is 18.9 Å². The summed E-state index contributed by atoms with van der Waals surface area (Å²) in [6.07, 6.45) is 1.65. The van der Waals surface area contributed by atoms with Crippen LogP contribution in [0.3, 0.4) is 0 Å². The number of fused-ring (bicyclic) bond motifs is 1. The summed E-state index contributed by atoms with van der Waals surface area (Å²) in [6.45, 7) is 7.08. The fourth-order valence-electron chi connectivity index (χ4n) is 3.54. The van der Waals surface area contributed by atoms with E-state index >= 15 is 0 Å². The zero-order valence-electron chi connectivity index (χ0n) is 18.2. The second-order valence-corrected chi connectivity index (χ2v) is 8.41. The number of benzene rings is 2. The average Bonchev–Trinajstić information content (AvgIpc) is 3.09. The Bertz CT molecular complexity index is 1380. The Morgan fingerprint density at radius 1 is 1.16 bits per heavy atom. The van der Waals surface area contributed by atoms with Crippen molar-refractivity contribution >= 4 is 16.9 Å². The molecule has 7 heteroatoms. The molecule has 0 atom stereocenters. The molecule has 0 aliphatic heterocycles. The zero-order valence-corrected chi connectivity index (χ0v) is 18.2. The minimum absolute atomic E-state index is 0.124. The van der Waals surface area contributed by atoms with Gasteiger partial charge in [-0.15, -0.1) is 0 Å². The first kappa shape index (κ1) is 21.2.